The lowest BCUT2D eigenvalue weighted by atomic mass is 9.70. The molecule has 1 spiro atoms. The Hall–Kier alpha value is -1.68. The van der Waals surface area contributed by atoms with Gasteiger partial charge in [-0.15, -0.1) is 0 Å². The quantitative estimate of drug-likeness (QED) is 0.536. The molecule has 0 aromatic rings. The van der Waals surface area contributed by atoms with Gasteiger partial charge < -0.3 is 10.5 Å². The molecule has 148 valence electrons. The second-order valence-electron chi connectivity index (χ2n) is 8.97. The second-order valence-corrected chi connectivity index (χ2v) is 8.97. The van der Waals surface area contributed by atoms with Crippen LogP contribution in [-0.2, 0) is 14.3 Å². The number of fused-ring (bicyclic) bond motifs is 1. The van der Waals surface area contributed by atoms with Crippen molar-refractivity contribution in [3.05, 3.63) is 33.9 Å². The zero-order valence-corrected chi connectivity index (χ0v) is 17.4. The number of ketones is 1. The van der Waals surface area contributed by atoms with Crippen molar-refractivity contribution >= 4 is 11.8 Å². The summed E-state index contributed by atoms with van der Waals surface area (Å²) in [5.74, 6) is 0.462. The van der Waals surface area contributed by atoms with Crippen molar-refractivity contribution in [1.82, 2.24) is 0 Å². The highest BCUT2D eigenvalue weighted by molar-refractivity contribution is 6.07. The molecule has 3 rings (SSSR count). The number of allylic oxidation sites excluding steroid dienone is 6. The normalized spacial score (nSPS) is 24.5. The highest BCUT2D eigenvalue weighted by Gasteiger charge is 2.56. The van der Waals surface area contributed by atoms with Crippen LogP contribution in [0.1, 0.15) is 66.7 Å². The van der Waals surface area contributed by atoms with Gasteiger partial charge in [0.2, 0.25) is 0 Å². The van der Waals surface area contributed by atoms with Crippen molar-refractivity contribution in [1.29, 1.82) is 0 Å². The summed E-state index contributed by atoms with van der Waals surface area (Å²) >= 11 is 0. The maximum Gasteiger partial charge on any atom is 0.322 e. The van der Waals surface area contributed by atoms with Crippen molar-refractivity contribution in [3.8, 4) is 0 Å². The molecule has 1 fully saturated rings. The van der Waals surface area contributed by atoms with E-state index in [1.54, 1.807) is 0 Å². The van der Waals surface area contributed by atoms with E-state index in [2.05, 4.69) is 26.8 Å². The first-order chi connectivity index (χ1) is 12.7. The van der Waals surface area contributed by atoms with Gasteiger partial charge in [-0.25, -0.2) is 0 Å². The molecule has 0 aromatic carbocycles. The molecule has 4 nitrogen and oxygen atoms in total. The number of Topliss-reactive ketones (excluding diaryl/α,β-unsaturated/α-hetero) is 1. The second kappa shape index (κ2) is 7.38. The van der Waals surface area contributed by atoms with E-state index in [-0.39, 0.29) is 17.3 Å². The zero-order valence-electron chi connectivity index (χ0n) is 17.4. The summed E-state index contributed by atoms with van der Waals surface area (Å²) in [5.41, 5.74) is 11.9. The summed E-state index contributed by atoms with van der Waals surface area (Å²) in [6, 6.07) is -0.539. The van der Waals surface area contributed by atoms with Crippen molar-refractivity contribution in [2.45, 2.75) is 72.8 Å². The Bertz CT molecular complexity index is 750. The van der Waals surface area contributed by atoms with E-state index in [9.17, 15) is 9.59 Å². The minimum atomic E-state index is -0.539. The van der Waals surface area contributed by atoms with Gasteiger partial charge >= 0.3 is 5.97 Å². The summed E-state index contributed by atoms with van der Waals surface area (Å²) in [6.07, 6.45) is 6.53. The molecule has 0 saturated heterocycles. The van der Waals surface area contributed by atoms with Crippen LogP contribution in [0, 0.1) is 17.3 Å². The third-order valence-electron chi connectivity index (χ3n) is 6.65. The molecule has 1 saturated carbocycles. The fraction of sp³-hybridized carbons (Fsp3) is 0.652. The van der Waals surface area contributed by atoms with E-state index in [4.69, 9.17) is 10.5 Å². The number of nitrogens with two attached hydrogens (primary N) is 1. The maximum atomic E-state index is 12.9. The number of ether oxygens (including phenoxy) is 1. The lowest BCUT2D eigenvalue weighted by Gasteiger charge is -2.32. The lowest BCUT2D eigenvalue weighted by molar-refractivity contribution is -0.145. The Labute approximate surface area is 162 Å². The number of hydrogen-bond donors (Lipinski definition) is 1. The van der Waals surface area contributed by atoms with E-state index in [1.807, 2.05) is 13.8 Å². The summed E-state index contributed by atoms with van der Waals surface area (Å²) in [6.45, 7) is 10.8. The van der Waals surface area contributed by atoms with Crippen LogP contribution in [0.3, 0.4) is 0 Å². The Morgan fingerprint density at radius 3 is 2.59 bits per heavy atom. The molecule has 2 N–H and O–H groups in total. The molecule has 2 atom stereocenters. The van der Waals surface area contributed by atoms with Crippen LogP contribution in [0.15, 0.2) is 33.9 Å². The summed E-state index contributed by atoms with van der Waals surface area (Å²) in [7, 11) is 0. The minimum Gasteiger partial charge on any atom is -0.465 e. The SMILES string of the molecule is CC1=C(CCCOC(=O)C(N)CC(C)C)C2=C(C)C3(CC3)[C@H](C)C(=O)C2=C1. The maximum absolute atomic E-state index is 12.9. The van der Waals surface area contributed by atoms with Gasteiger partial charge in [-0.3, -0.25) is 9.59 Å². The molecule has 0 aromatic heterocycles. The first-order valence-corrected chi connectivity index (χ1v) is 10.3. The summed E-state index contributed by atoms with van der Waals surface area (Å²) in [4.78, 5) is 24.8. The van der Waals surface area contributed by atoms with Gasteiger partial charge in [0.25, 0.3) is 0 Å². The Kier molecular flexibility index (Phi) is 5.49. The van der Waals surface area contributed by atoms with Gasteiger partial charge in [-0.05, 0) is 74.7 Å². The molecule has 3 aliphatic rings. The molecule has 3 aliphatic carbocycles. The topological polar surface area (TPSA) is 69.4 Å². The summed E-state index contributed by atoms with van der Waals surface area (Å²) in [5, 5.41) is 0. The van der Waals surface area contributed by atoms with E-state index in [1.165, 1.54) is 22.3 Å². The van der Waals surface area contributed by atoms with Crippen LogP contribution in [0.5, 0.6) is 0 Å². The molecule has 27 heavy (non-hydrogen) atoms. The number of carbonyl (C=O) groups excluding carboxylic acids is 2. The van der Waals surface area contributed by atoms with Gasteiger partial charge in [-0.2, -0.15) is 0 Å². The van der Waals surface area contributed by atoms with Gasteiger partial charge in [0.15, 0.2) is 5.78 Å². The standard InChI is InChI=1S/C23H33NO3/c1-13(2)11-19(24)22(26)27-10-6-7-17-14(3)12-18-20(17)15(4)23(8-9-23)16(5)21(18)25/h12-13,16,19H,6-11,24H2,1-5H3/t16-,19?/m1/s1. The van der Waals surface area contributed by atoms with Gasteiger partial charge in [0, 0.05) is 16.9 Å². The highest BCUT2D eigenvalue weighted by atomic mass is 16.5. The predicted molar refractivity (Wildman–Crippen MR) is 107 cm³/mol. The molecule has 0 radical (unpaired) electrons. The van der Waals surface area contributed by atoms with Crippen LogP contribution >= 0.6 is 0 Å². The van der Waals surface area contributed by atoms with Crippen LogP contribution < -0.4 is 5.73 Å². The smallest absolute Gasteiger partial charge is 0.322 e. The molecule has 0 amide bonds. The van der Waals surface area contributed by atoms with Crippen molar-refractivity contribution < 1.29 is 14.3 Å². The largest absolute Gasteiger partial charge is 0.465 e. The first kappa shape index (κ1) is 20.1. The van der Waals surface area contributed by atoms with Crippen molar-refractivity contribution in [2.75, 3.05) is 6.61 Å². The molecule has 4 heteroatoms. The average Bonchev–Trinajstić information content (AvgIpc) is 3.34. The first-order valence-electron chi connectivity index (χ1n) is 10.3. The zero-order chi connectivity index (χ0) is 19.9. The molecular formula is C23H33NO3. The number of esters is 1. The Morgan fingerprint density at radius 2 is 2.00 bits per heavy atom. The van der Waals surface area contributed by atoms with Gasteiger partial charge in [0.1, 0.15) is 6.04 Å². The third kappa shape index (κ3) is 3.56. The number of hydrogen-bond acceptors (Lipinski definition) is 4. The van der Waals surface area contributed by atoms with Gasteiger partial charge in [-0.1, -0.05) is 26.3 Å². The molecule has 0 aliphatic heterocycles. The highest BCUT2D eigenvalue weighted by Crippen LogP contribution is 2.63. The van der Waals surface area contributed by atoms with E-state index in [0.717, 1.165) is 31.3 Å². The van der Waals surface area contributed by atoms with Crippen LogP contribution in [-0.4, -0.2) is 24.4 Å². The minimum absolute atomic E-state index is 0.100. The molecule has 1 unspecified atom stereocenters. The van der Waals surface area contributed by atoms with Crippen molar-refractivity contribution in [2.24, 2.45) is 23.0 Å². The summed E-state index contributed by atoms with van der Waals surface area (Å²) < 4.78 is 5.37. The molecule has 0 heterocycles. The fourth-order valence-corrected chi connectivity index (χ4v) is 4.81. The number of rotatable bonds is 7. The predicted octanol–water partition coefficient (Wildman–Crippen LogP) is 4.26. The molecular weight excluding hydrogens is 338 g/mol. The van der Waals surface area contributed by atoms with E-state index in [0.29, 0.717) is 24.7 Å². The average molecular weight is 372 g/mol. The van der Waals surface area contributed by atoms with Gasteiger partial charge in [0.05, 0.1) is 6.61 Å². The van der Waals surface area contributed by atoms with Crippen LogP contribution in [0.2, 0.25) is 0 Å². The van der Waals surface area contributed by atoms with Crippen LogP contribution in [0.25, 0.3) is 0 Å². The lowest BCUT2D eigenvalue weighted by Crippen LogP contribution is -2.33. The third-order valence-corrected chi connectivity index (χ3v) is 6.65. The van der Waals surface area contributed by atoms with E-state index < -0.39 is 6.04 Å². The molecule has 0 bridgehead atoms. The Morgan fingerprint density at radius 1 is 1.33 bits per heavy atom. The Balaban J connectivity index is 1.62. The fourth-order valence-electron chi connectivity index (χ4n) is 4.81. The monoisotopic (exact) mass is 371 g/mol. The van der Waals surface area contributed by atoms with E-state index >= 15 is 0 Å². The number of carbonyl (C=O) groups is 2. The van der Waals surface area contributed by atoms with Crippen LogP contribution in [0.4, 0.5) is 0 Å². The van der Waals surface area contributed by atoms with Crippen molar-refractivity contribution in [3.63, 3.8) is 0 Å².